The summed E-state index contributed by atoms with van der Waals surface area (Å²) in [7, 11) is 0. The average Bonchev–Trinajstić information content (AvgIpc) is 3.96. The van der Waals surface area contributed by atoms with Gasteiger partial charge in [0, 0.05) is 35.9 Å². The van der Waals surface area contributed by atoms with Crippen molar-refractivity contribution in [2.75, 3.05) is 19.8 Å². The van der Waals surface area contributed by atoms with Crippen LogP contribution in [0.1, 0.15) is 129 Å². The van der Waals surface area contributed by atoms with E-state index in [9.17, 15) is 19.2 Å². The molecule has 0 aromatic carbocycles. The maximum Gasteiger partial charge on any atom is 0.407 e. The fourth-order valence-corrected chi connectivity index (χ4v) is 8.78. The first kappa shape index (κ1) is 40.2. The molecule has 2 aliphatic carbocycles. The lowest BCUT2D eigenvalue weighted by molar-refractivity contribution is -0.143. The van der Waals surface area contributed by atoms with Gasteiger partial charge < -0.3 is 33.7 Å². The van der Waals surface area contributed by atoms with Gasteiger partial charge in [-0.05, 0) is 89.2 Å². The van der Waals surface area contributed by atoms with Crippen molar-refractivity contribution >= 4 is 24.0 Å². The first-order chi connectivity index (χ1) is 26.0. The molecule has 0 saturated carbocycles. The molecule has 4 heterocycles. The van der Waals surface area contributed by atoms with Crippen LogP contribution in [0.25, 0.3) is 0 Å². The molecule has 4 aliphatic heterocycles. The third-order valence-electron chi connectivity index (χ3n) is 12.5. The van der Waals surface area contributed by atoms with E-state index >= 15 is 0 Å². The summed E-state index contributed by atoms with van der Waals surface area (Å²) in [6.45, 7) is 13.2. The molecule has 1 amide bonds. The van der Waals surface area contributed by atoms with E-state index in [0.717, 1.165) is 107 Å². The van der Waals surface area contributed by atoms with Crippen molar-refractivity contribution in [1.29, 1.82) is 0 Å². The first-order valence-corrected chi connectivity index (χ1v) is 20.5. The Labute approximate surface area is 320 Å². The molecule has 0 bridgehead atoms. The number of fused-ring (bicyclic) bond motifs is 6. The summed E-state index contributed by atoms with van der Waals surface area (Å²) < 4.78 is 34.4. The summed E-state index contributed by atoms with van der Waals surface area (Å²) in [5.74, 6) is -0.935. The second-order valence-corrected chi connectivity index (χ2v) is 16.7. The van der Waals surface area contributed by atoms with E-state index < -0.39 is 6.09 Å². The Morgan fingerprint density at radius 2 is 1.19 bits per heavy atom. The molecule has 0 aromatic heterocycles. The van der Waals surface area contributed by atoms with Crippen molar-refractivity contribution in [1.82, 2.24) is 5.32 Å². The van der Waals surface area contributed by atoms with E-state index in [1.165, 1.54) is 6.42 Å². The summed E-state index contributed by atoms with van der Waals surface area (Å²) in [6, 6.07) is 0. The molecule has 0 radical (unpaired) electrons. The van der Waals surface area contributed by atoms with Gasteiger partial charge in [-0.3, -0.25) is 4.79 Å². The van der Waals surface area contributed by atoms with E-state index in [1.54, 1.807) is 0 Å². The Bertz CT molecular complexity index is 1390. The third-order valence-corrected chi connectivity index (χ3v) is 12.5. The summed E-state index contributed by atoms with van der Waals surface area (Å²) >= 11 is 0. The van der Waals surface area contributed by atoms with Crippen molar-refractivity contribution in [3.63, 3.8) is 0 Å². The van der Waals surface area contributed by atoms with Gasteiger partial charge in [0.15, 0.2) is 0 Å². The largest absolute Gasteiger partial charge is 0.461 e. The Morgan fingerprint density at radius 3 is 1.70 bits per heavy atom. The average molecular weight is 752 g/mol. The number of unbranched alkanes of at least 4 members (excludes halogenated alkanes) is 8. The first-order valence-electron chi connectivity index (χ1n) is 20.5. The molecule has 6 rings (SSSR count). The molecule has 4 fully saturated rings. The van der Waals surface area contributed by atoms with E-state index in [2.05, 4.69) is 44.5 Å². The van der Waals surface area contributed by atoms with Gasteiger partial charge in [-0.25, -0.2) is 14.4 Å². The number of amides is 1. The molecule has 1 N–H and O–H groups in total. The normalized spacial score (nSPS) is 35.0. The van der Waals surface area contributed by atoms with Crippen molar-refractivity contribution in [2.45, 2.75) is 165 Å². The van der Waals surface area contributed by atoms with E-state index in [4.69, 9.17) is 28.4 Å². The summed E-state index contributed by atoms with van der Waals surface area (Å²) in [4.78, 5) is 49.2. The minimum atomic E-state index is -0.400. The Hall–Kier alpha value is -3.44. The van der Waals surface area contributed by atoms with Crippen molar-refractivity contribution in [3.05, 3.63) is 47.6 Å². The Balaban J connectivity index is 0.751. The monoisotopic (exact) mass is 751 g/mol. The van der Waals surface area contributed by atoms with Crippen molar-refractivity contribution in [2.24, 2.45) is 11.8 Å². The number of carbonyl (C=O) groups excluding carboxylic acids is 4. The van der Waals surface area contributed by atoms with Crippen LogP contribution in [0, 0.1) is 11.8 Å². The number of hydrogen-bond acceptors (Lipinski definition) is 10. The molecular weight excluding hydrogens is 690 g/mol. The van der Waals surface area contributed by atoms with Gasteiger partial charge in [0.25, 0.3) is 0 Å². The number of epoxide rings is 2. The number of rotatable bonds is 16. The zero-order chi connectivity index (χ0) is 38.3. The molecule has 0 unspecified atom stereocenters. The highest BCUT2D eigenvalue weighted by atomic mass is 16.7. The number of hydrogen-bond donors (Lipinski definition) is 1. The minimum absolute atomic E-state index is 0.0594. The maximum atomic E-state index is 12.5. The highest BCUT2D eigenvalue weighted by molar-refractivity contribution is 5.91. The fraction of sp³-hybridized carbons (Fsp3) is 0.721. The number of alkyl carbamates (subject to hydrolysis) is 1. The molecule has 0 aromatic rings. The van der Waals surface area contributed by atoms with Gasteiger partial charge in [-0.1, -0.05) is 70.3 Å². The summed E-state index contributed by atoms with van der Waals surface area (Å²) in [6.07, 6.45) is 19.5. The highest BCUT2D eigenvalue weighted by Crippen LogP contribution is 2.51. The molecule has 11 heteroatoms. The lowest BCUT2D eigenvalue weighted by Gasteiger charge is -2.20. The minimum Gasteiger partial charge on any atom is -0.461 e. The van der Waals surface area contributed by atoms with Crippen LogP contribution in [0.15, 0.2) is 47.6 Å². The van der Waals surface area contributed by atoms with Crippen LogP contribution in [0.5, 0.6) is 0 Å². The number of esters is 3. The van der Waals surface area contributed by atoms with Crippen LogP contribution in [-0.4, -0.2) is 79.4 Å². The molecule has 4 saturated heterocycles. The van der Waals surface area contributed by atoms with Crippen LogP contribution in [-0.2, 0) is 42.8 Å². The van der Waals surface area contributed by atoms with Crippen LogP contribution in [0.3, 0.4) is 0 Å². The molecule has 11 nitrogen and oxygen atoms in total. The fourth-order valence-electron chi connectivity index (χ4n) is 8.78. The molecule has 54 heavy (non-hydrogen) atoms. The molecule has 298 valence electrons. The second-order valence-electron chi connectivity index (χ2n) is 16.7. The maximum absolute atomic E-state index is 12.5. The zero-order valence-corrected chi connectivity index (χ0v) is 32.5. The number of nitrogens with one attached hydrogen (secondary N) is 1. The van der Waals surface area contributed by atoms with Gasteiger partial charge in [0.05, 0.1) is 11.2 Å². The van der Waals surface area contributed by atoms with Gasteiger partial charge in [-0.2, -0.15) is 0 Å². The predicted octanol–water partition coefficient (Wildman–Crippen LogP) is 7.67. The number of ether oxygens (including phenoxy) is 6. The van der Waals surface area contributed by atoms with Gasteiger partial charge in [0.2, 0.25) is 0 Å². The second kappa shape index (κ2) is 18.0. The summed E-state index contributed by atoms with van der Waals surface area (Å²) in [5.41, 5.74) is 2.62. The molecule has 8 atom stereocenters. The molecule has 0 spiro atoms. The lowest BCUT2D eigenvalue weighted by Crippen LogP contribution is -2.29. The predicted molar refractivity (Wildman–Crippen MR) is 201 cm³/mol. The highest BCUT2D eigenvalue weighted by Gasteiger charge is 2.62. The van der Waals surface area contributed by atoms with Crippen LogP contribution >= 0.6 is 0 Å². The Morgan fingerprint density at radius 1 is 0.722 bits per heavy atom. The SMILES string of the molecule is C=C1C(=O)O[C@H]2[C@H]1CC/C(COC(=O)CCCCCCCCCCCNC(=O)OC/C1=C/CC[C@@]3(C)O[C@H]3[C@H]3OC(=O)C(=C)[C@@H]3CC1)=C\CC[C@@]1(C)O[C@@H]21. The lowest BCUT2D eigenvalue weighted by atomic mass is 9.84. The van der Waals surface area contributed by atoms with Crippen LogP contribution in [0.2, 0.25) is 0 Å². The van der Waals surface area contributed by atoms with Crippen molar-refractivity contribution in [3.8, 4) is 0 Å². The van der Waals surface area contributed by atoms with E-state index in [0.29, 0.717) is 37.1 Å². The molecule has 6 aliphatic rings. The standard InChI is InChI=1S/C43H61NO10/c1-28-32-21-19-30(16-14-23-42(3)37(53-42)35(32)51-39(28)46)26-49-34(45)18-12-10-8-6-5-7-9-11-13-25-44-41(48)50-27-31-17-15-24-43(4)38(54-43)36-33(22-20-31)29(2)40(47)52-36/h16-17,32-33,35-38H,1-2,5-15,18-27H2,3-4H3,(H,44,48)/b30-16+,31-17+/t32-,33-,35-,36-,37-,38-,42+,43+/m0/s1. The van der Waals surface area contributed by atoms with E-state index in [1.807, 2.05) is 0 Å². The zero-order valence-electron chi connectivity index (χ0n) is 32.5. The summed E-state index contributed by atoms with van der Waals surface area (Å²) in [5, 5.41) is 2.88. The topological polar surface area (TPSA) is 142 Å². The Kier molecular flexibility index (Phi) is 13.4. The van der Waals surface area contributed by atoms with Crippen LogP contribution < -0.4 is 5.32 Å². The van der Waals surface area contributed by atoms with Gasteiger partial charge >= 0.3 is 24.0 Å². The molecular formula is C43H61NO10. The van der Waals surface area contributed by atoms with Gasteiger partial charge in [-0.15, -0.1) is 0 Å². The smallest absolute Gasteiger partial charge is 0.407 e. The van der Waals surface area contributed by atoms with E-state index in [-0.39, 0.29) is 72.0 Å². The quantitative estimate of drug-likeness (QED) is 0.0417. The van der Waals surface area contributed by atoms with Crippen molar-refractivity contribution < 1.29 is 47.6 Å². The third kappa shape index (κ3) is 10.2. The number of allylic oxidation sites excluding steroid dienone is 2. The number of carbonyl (C=O) groups is 4. The van der Waals surface area contributed by atoms with Crippen LogP contribution in [0.4, 0.5) is 4.79 Å². The van der Waals surface area contributed by atoms with Gasteiger partial charge in [0.1, 0.15) is 37.6 Å².